The lowest BCUT2D eigenvalue weighted by molar-refractivity contribution is 0.630. The van der Waals surface area contributed by atoms with Gasteiger partial charge >= 0.3 is 0 Å². The molecule has 0 radical (unpaired) electrons. The fraction of sp³-hybridized carbons (Fsp3) is 0.375. The molecule has 1 N–H and O–H groups in total. The SMILES string of the molecule is CCCc1nc(NCC)c(C)c(-c2ccc(Cl)cc2F)n1. The number of rotatable bonds is 5. The van der Waals surface area contributed by atoms with E-state index in [0.29, 0.717) is 16.3 Å². The van der Waals surface area contributed by atoms with Crippen LogP contribution in [0.3, 0.4) is 0 Å². The molecule has 3 nitrogen and oxygen atoms in total. The predicted octanol–water partition coefficient (Wildman–Crippen LogP) is 4.63. The van der Waals surface area contributed by atoms with Gasteiger partial charge in [0.2, 0.25) is 0 Å². The summed E-state index contributed by atoms with van der Waals surface area (Å²) >= 11 is 5.82. The molecular weight excluding hydrogens is 289 g/mol. The van der Waals surface area contributed by atoms with E-state index in [2.05, 4.69) is 22.2 Å². The van der Waals surface area contributed by atoms with Gasteiger partial charge in [-0.25, -0.2) is 14.4 Å². The Labute approximate surface area is 129 Å². The second kappa shape index (κ2) is 6.85. The van der Waals surface area contributed by atoms with Crippen LogP contribution in [0.4, 0.5) is 10.2 Å². The topological polar surface area (TPSA) is 37.8 Å². The molecule has 1 heterocycles. The Kier molecular flexibility index (Phi) is 5.12. The van der Waals surface area contributed by atoms with Crippen LogP contribution in [0, 0.1) is 12.7 Å². The minimum Gasteiger partial charge on any atom is -0.370 e. The molecule has 0 aliphatic heterocycles. The van der Waals surface area contributed by atoms with Crippen molar-refractivity contribution in [2.75, 3.05) is 11.9 Å². The minimum atomic E-state index is -0.366. The van der Waals surface area contributed by atoms with E-state index in [1.165, 1.54) is 6.07 Å². The first-order valence-corrected chi connectivity index (χ1v) is 7.51. The number of benzene rings is 1. The monoisotopic (exact) mass is 307 g/mol. The number of halogens is 2. The van der Waals surface area contributed by atoms with Crippen molar-refractivity contribution in [1.82, 2.24) is 9.97 Å². The van der Waals surface area contributed by atoms with E-state index in [1.54, 1.807) is 12.1 Å². The number of anilines is 1. The van der Waals surface area contributed by atoms with E-state index < -0.39 is 0 Å². The molecule has 112 valence electrons. The Bertz CT molecular complexity index is 644. The summed E-state index contributed by atoms with van der Waals surface area (Å²) in [6.45, 7) is 6.73. The fourth-order valence-electron chi connectivity index (χ4n) is 2.18. The van der Waals surface area contributed by atoms with Crippen LogP contribution in [-0.4, -0.2) is 16.5 Å². The minimum absolute atomic E-state index is 0.366. The maximum atomic E-state index is 14.2. The van der Waals surface area contributed by atoms with Crippen molar-refractivity contribution in [3.8, 4) is 11.3 Å². The highest BCUT2D eigenvalue weighted by Gasteiger charge is 2.15. The van der Waals surface area contributed by atoms with Crippen molar-refractivity contribution in [2.45, 2.75) is 33.6 Å². The third kappa shape index (κ3) is 3.50. The highest BCUT2D eigenvalue weighted by molar-refractivity contribution is 6.30. The molecular formula is C16H19ClFN3. The largest absolute Gasteiger partial charge is 0.370 e. The quantitative estimate of drug-likeness (QED) is 0.875. The highest BCUT2D eigenvalue weighted by atomic mass is 35.5. The molecule has 21 heavy (non-hydrogen) atoms. The third-order valence-electron chi connectivity index (χ3n) is 3.20. The van der Waals surface area contributed by atoms with Gasteiger partial charge in [-0.05, 0) is 38.5 Å². The first-order valence-electron chi connectivity index (χ1n) is 7.13. The van der Waals surface area contributed by atoms with E-state index in [1.807, 2.05) is 13.8 Å². The van der Waals surface area contributed by atoms with Gasteiger partial charge in [-0.3, -0.25) is 0 Å². The van der Waals surface area contributed by atoms with Gasteiger partial charge in [-0.1, -0.05) is 18.5 Å². The first kappa shape index (κ1) is 15.7. The average molecular weight is 308 g/mol. The van der Waals surface area contributed by atoms with Gasteiger partial charge in [0, 0.05) is 29.1 Å². The second-order valence-corrected chi connectivity index (χ2v) is 5.30. The van der Waals surface area contributed by atoms with Crippen molar-refractivity contribution in [3.05, 3.63) is 40.4 Å². The van der Waals surface area contributed by atoms with Crippen LogP contribution in [0.15, 0.2) is 18.2 Å². The maximum Gasteiger partial charge on any atom is 0.134 e. The van der Waals surface area contributed by atoms with Gasteiger partial charge in [0.1, 0.15) is 17.5 Å². The Hall–Kier alpha value is -1.68. The van der Waals surface area contributed by atoms with E-state index >= 15 is 0 Å². The Morgan fingerprint density at radius 3 is 2.62 bits per heavy atom. The molecule has 0 bridgehead atoms. The number of hydrogen-bond donors (Lipinski definition) is 1. The molecule has 5 heteroatoms. The molecule has 0 aliphatic rings. The standard InChI is InChI=1S/C16H19ClFN3/c1-4-6-14-20-15(10(3)16(21-14)19-5-2)12-8-7-11(17)9-13(12)18/h7-9H,4-6H2,1-3H3,(H,19,20,21). The van der Waals surface area contributed by atoms with Gasteiger partial charge in [0.15, 0.2) is 0 Å². The summed E-state index contributed by atoms with van der Waals surface area (Å²) in [5.74, 6) is 1.12. The lowest BCUT2D eigenvalue weighted by Gasteiger charge is -2.14. The summed E-state index contributed by atoms with van der Waals surface area (Å²) in [5, 5.41) is 3.59. The summed E-state index contributed by atoms with van der Waals surface area (Å²) < 4.78 is 14.2. The number of hydrogen-bond acceptors (Lipinski definition) is 3. The zero-order valence-corrected chi connectivity index (χ0v) is 13.3. The predicted molar refractivity (Wildman–Crippen MR) is 85.3 cm³/mol. The van der Waals surface area contributed by atoms with Crippen LogP contribution in [0.2, 0.25) is 5.02 Å². The molecule has 0 spiro atoms. The molecule has 2 rings (SSSR count). The van der Waals surface area contributed by atoms with Gasteiger partial charge in [-0.2, -0.15) is 0 Å². The Morgan fingerprint density at radius 2 is 2.00 bits per heavy atom. The molecule has 0 saturated heterocycles. The molecule has 0 unspecified atom stereocenters. The molecule has 0 fully saturated rings. The van der Waals surface area contributed by atoms with E-state index in [0.717, 1.165) is 36.6 Å². The van der Waals surface area contributed by atoms with Crippen LogP contribution < -0.4 is 5.32 Å². The summed E-state index contributed by atoms with van der Waals surface area (Å²) in [4.78, 5) is 9.05. The summed E-state index contributed by atoms with van der Waals surface area (Å²) in [5.41, 5.74) is 1.92. The van der Waals surface area contributed by atoms with Crippen molar-refractivity contribution in [2.24, 2.45) is 0 Å². The second-order valence-electron chi connectivity index (χ2n) is 4.87. The zero-order chi connectivity index (χ0) is 15.4. The van der Waals surface area contributed by atoms with Gasteiger partial charge in [-0.15, -0.1) is 0 Å². The van der Waals surface area contributed by atoms with Crippen LogP contribution in [-0.2, 0) is 6.42 Å². The van der Waals surface area contributed by atoms with E-state index in [9.17, 15) is 4.39 Å². The van der Waals surface area contributed by atoms with Gasteiger partial charge in [0.05, 0.1) is 5.69 Å². The molecule has 1 aromatic carbocycles. The van der Waals surface area contributed by atoms with E-state index in [4.69, 9.17) is 11.6 Å². The smallest absolute Gasteiger partial charge is 0.134 e. The molecule has 0 aliphatic carbocycles. The van der Waals surface area contributed by atoms with Gasteiger partial charge < -0.3 is 5.32 Å². The highest BCUT2D eigenvalue weighted by Crippen LogP contribution is 2.29. The van der Waals surface area contributed by atoms with Crippen LogP contribution in [0.25, 0.3) is 11.3 Å². The van der Waals surface area contributed by atoms with Crippen molar-refractivity contribution >= 4 is 17.4 Å². The lowest BCUT2D eigenvalue weighted by atomic mass is 10.1. The number of nitrogens with one attached hydrogen (secondary N) is 1. The van der Waals surface area contributed by atoms with Crippen molar-refractivity contribution < 1.29 is 4.39 Å². The molecule has 1 aromatic heterocycles. The van der Waals surface area contributed by atoms with Crippen molar-refractivity contribution in [3.63, 3.8) is 0 Å². The molecule has 0 atom stereocenters. The van der Waals surface area contributed by atoms with Crippen LogP contribution in [0.5, 0.6) is 0 Å². The summed E-state index contributed by atoms with van der Waals surface area (Å²) in [7, 11) is 0. The summed E-state index contributed by atoms with van der Waals surface area (Å²) in [6.07, 6.45) is 1.71. The van der Waals surface area contributed by atoms with Gasteiger partial charge in [0.25, 0.3) is 0 Å². The summed E-state index contributed by atoms with van der Waals surface area (Å²) in [6, 6.07) is 4.65. The van der Waals surface area contributed by atoms with Crippen LogP contribution >= 0.6 is 11.6 Å². The zero-order valence-electron chi connectivity index (χ0n) is 12.5. The number of nitrogens with zero attached hydrogens (tertiary/aromatic N) is 2. The lowest BCUT2D eigenvalue weighted by Crippen LogP contribution is -2.08. The molecule has 0 amide bonds. The first-order chi connectivity index (χ1) is 10.1. The maximum absolute atomic E-state index is 14.2. The fourth-order valence-corrected chi connectivity index (χ4v) is 2.34. The van der Waals surface area contributed by atoms with Crippen molar-refractivity contribution in [1.29, 1.82) is 0 Å². The number of aryl methyl sites for hydroxylation is 1. The average Bonchev–Trinajstić information content (AvgIpc) is 2.43. The normalized spacial score (nSPS) is 10.7. The third-order valence-corrected chi connectivity index (χ3v) is 3.43. The molecule has 2 aromatic rings. The van der Waals surface area contributed by atoms with Crippen LogP contribution in [0.1, 0.15) is 31.7 Å². The Balaban J connectivity index is 2.60. The molecule has 0 saturated carbocycles. The van der Waals surface area contributed by atoms with E-state index in [-0.39, 0.29) is 5.82 Å². The number of aromatic nitrogens is 2. The Morgan fingerprint density at radius 1 is 1.24 bits per heavy atom.